The number of rotatable bonds is 5. The third-order valence-corrected chi connectivity index (χ3v) is 5.74. The van der Waals surface area contributed by atoms with E-state index >= 15 is 0 Å². The van der Waals surface area contributed by atoms with Crippen molar-refractivity contribution in [3.05, 3.63) is 60.3 Å². The Labute approximate surface area is 191 Å². The summed E-state index contributed by atoms with van der Waals surface area (Å²) in [6.07, 6.45) is 0. The van der Waals surface area contributed by atoms with Gasteiger partial charge in [0.1, 0.15) is 16.8 Å². The molecule has 0 radical (unpaired) electrons. The predicted molar refractivity (Wildman–Crippen MR) is 127 cm³/mol. The third-order valence-electron chi connectivity index (χ3n) is 5.55. The van der Waals surface area contributed by atoms with Crippen LogP contribution in [0.4, 0.5) is 11.4 Å². The number of fused-ring (bicyclic) bond motifs is 1. The van der Waals surface area contributed by atoms with E-state index in [1.807, 2.05) is 53.4 Å². The lowest BCUT2D eigenvalue weighted by atomic mass is 10.1. The summed E-state index contributed by atoms with van der Waals surface area (Å²) >= 11 is 5.80. The first-order valence-electron chi connectivity index (χ1n) is 10.5. The number of methoxy groups -OCH3 is 1. The summed E-state index contributed by atoms with van der Waals surface area (Å²) < 4.78 is 5.47. The Balaban J connectivity index is 1.41. The molecule has 7 nitrogen and oxygen atoms in total. The summed E-state index contributed by atoms with van der Waals surface area (Å²) in [5, 5.41) is 3.07. The lowest BCUT2D eigenvalue weighted by Crippen LogP contribution is -2.49. The molecule has 0 spiro atoms. The SMILES string of the molecule is COc1cc(C(=O)N2CCN(c3ccc(NC(=O)C(C)Cl)cc3)CC2)nc2ccccc12. The highest BCUT2D eigenvalue weighted by atomic mass is 35.5. The van der Waals surface area contributed by atoms with Crippen molar-refractivity contribution >= 4 is 45.7 Å². The van der Waals surface area contributed by atoms with Gasteiger partial charge in [-0.1, -0.05) is 12.1 Å². The quantitative estimate of drug-likeness (QED) is 0.596. The number of anilines is 2. The van der Waals surface area contributed by atoms with Crippen LogP contribution >= 0.6 is 11.6 Å². The number of ether oxygens (including phenoxy) is 1. The molecule has 1 aliphatic rings. The van der Waals surface area contributed by atoms with Gasteiger partial charge in [0.25, 0.3) is 5.91 Å². The van der Waals surface area contributed by atoms with E-state index in [0.29, 0.717) is 43.3 Å². The van der Waals surface area contributed by atoms with Crippen LogP contribution in [-0.2, 0) is 4.79 Å². The third kappa shape index (κ3) is 4.62. The van der Waals surface area contributed by atoms with Crippen LogP contribution in [0.1, 0.15) is 17.4 Å². The summed E-state index contributed by atoms with van der Waals surface area (Å²) in [5.74, 6) is 0.320. The maximum Gasteiger partial charge on any atom is 0.272 e. The van der Waals surface area contributed by atoms with Gasteiger partial charge in [-0.05, 0) is 43.3 Å². The Hall–Kier alpha value is -3.32. The summed E-state index contributed by atoms with van der Waals surface area (Å²) in [6, 6.07) is 17.0. The molecule has 8 heteroatoms. The Bertz CT molecular complexity index is 1130. The van der Waals surface area contributed by atoms with Gasteiger partial charge in [-0.15, -0.1) is 11.6 Å². The number of hydrogen-bond donors (Lipinski definition) is 1. The number of nitrogens with zero attached hydrogens (tertiary/aromatic N) is 3. The fraction of sp³-hybridized carbons (Fsp3) is 0.292. The molecule has 32 heavy (non-hydrogen) atoms. The molecule has 2 aromatic carbocycles. The molecule has 1 saturated heterocycles. The molecule has 1 aromatic heterocycles. The highest BCUT2D eigenvalue weighted by molar-refractivity contribution is 6.32. The van der Waals surface area contributed by atoms with Gasteiger partial charge >= 0.3 is 0 Å². The number of piperazine rings is 1. The van der Waals surface area contributed by atoms with Crippen LogP contribution in [0.5, 0.6) is 5.75 Å². The summed E-state index contributed by atoms with van der Waals surface area (Å²) in [7, 11) is 1.60. The average Bonchev–Trinajstić information content (AvgIpc) is 2.83. The smallest absolute Gasteiger partial charge is 0.272 e. The molecule has 166 valence electrons. The van der Waals surface area contributed by atoms with Crippen molar-refractivity contribution in [2.24, 2.45) is 0 Å². The standard InChI is InChI=1S/C24H25ClN4O3/c1-16(25)23(30)26-17-7-9-18(10-8-17)28-11-13-29(14-12-28)24(31)21-15-22(32-2)19-5-3-4-6-20(19)27-21/h3-10,15-16H,11-14H2,1-2H3,(H,26,30). The number of hydrogen-bond acceptors (Lipinski definition) is 5. The molecule has 2 heterocycles. The first-order valence-corrected chi connectivity index (χ1v) is 10.9. The minimum absolute atomic E-state index is 0.0954. The number of carbonyl (C=O) groups is 2. The maximum absolute atomic E-state index is 13.1. The van der Waals surface area contributed by atoms with Crippen molar-refractivity contribution in [1.82, 2.24) is 9.88 Å². The summed E-state index contributed by atoms with van der Waals surface area (Å²) in [5.41, 5.74) is 2.88. The van der Waals surface area contributed by atoms with Gasteiger partial charge in [-0.3, -0.25) is 9.59 Å². The molecule has 1 N–H and O–H groups in total. The Morgan fingerprint density at radius 2 is 1.75 bits per heavy atom. The van der Waals surface area contributed by atoms with Crippen molar-refractivity contribution < 1.29 is 14.3 Å². The van der Waals surface area contributed by atoms with Crippen LogP contribution in [0.25, 0.3) is 10.9 Å². The van der Waals surface area contributed by atoms with Crippen molar-refractivity contribution in [3.63, 3.8) is 0 Å². The predicted octanol–water partition coefficient (Wildman–Crippen LogP) is 3.77. The number of aromatic nitrogens is 1. The van der Waals surface area contributed by atoms with Gasteiger partial charge in [-0.2, -0.15) is 0 Å². The average molecular weight is 453 g/mol. The van der Waals surface area contributed by atoms with Crippen molar-refractivity contribution in [3.8, 4) is 5.75 Å². The van der Waals surface area contributed by atoms with Crippen LogP contribution in [0.2, 0.25) is 0 Å². The molecule has 1 atom stereocenters. The first-order chi connectivity index (χ1) is 15.5. The summed E-state index contributed by atoms with van der Waals surface area (Å²) in [4.78, 5) is 33.4. The number of halogens is 1. The Morgan fingerprint density at radius 3 is 2.41 bits per heavy atom. The molecule has 0 saturated carbocycles. The normalized spacial score (nSPS) is 14.8. The molecule has 1 aliphatic heterocycles. The zero-order valence-electron chi connectivity index (χ0n) is 18.0. The summed E-state index contributed by atoms with van der Waals surface area (Å²) in [6.45, 7) is 4.24. The van der Waals surface area contributed by atoms with Gasteiger partial charge in [0, 0.05) is 49.0 Å². The van der Waals surface area contributed by atoms with Crippen molar-refractivity contribution in [2.45, 2.75) is 12.3 Å². The highest BCUT2D eigenvalue weighted by Gasteiger charge is 2.24. The van der Waals surface area contributed by atoms with Crippen LogP contribution < -0.4 is 15.0 Å². The monoisotopic (exact) mass is 452 g/mol. The second kappa shape index (κ2) is 9.44. The van der Waals surface area contributed by atoms with Gasteiger partial charge in [0.2, 0.25) is 5.91 Å². The molecule has 0 aliphatic carbocycles. The number of alkyl halides is 1. The molecule has 0 bridgehead atoms. The van der Waals surface area contributed by atoms with Gasteiger partial charge < -0.3 is 19.9 Å². The van der Waals surface area contributed by atoms with Gasteiger partial charge in [0.15, 0.2) is 0 Å². The minimum atomic E-state index is -0.586. The van der Waals surface area contributed by atoms with E-state index in [-0.39, 0.29) is 11.8 Å². The van der Waals surface area contributed by atoms with E-state index in [2.05, 4.69) is 15.2 Å². The number of carbonyl (C=O) groups excluding carboxylic acids is 2. The van der Waals surface area contributed by atoms with E-state index in [4.69, 9.17) is 16.3 Å². The fourth-order valence-electron chi connectivity index (χ4n) is 3.75. The van der Waals surface area contributed by atoms with Crippen LogP contribution in [0.3, 0.4) is 0 Å². The molecular weight excluding hydrogens is 428 g/mol. The molecule has 1 fully saturated rings. The number of nitrogens with one attached hydrogen (secondary N) is 1. The van der Waals surface area contributed by atoms with E-state index in [0.717, 1.165) is 16.6 Å². The lowest BCUT2D eigenvalue weighted by molar-refractivity contribution is -0.115. The first kappa shape index (κ1) is 21.9. The second-order valence-corrected chi connectivity index (χ2v) is 8.31. The fourth-order valence-corrected chi connectivity index (χ4v) is 3.80. The second-order valence-electron chi connectivity index (χ2n) is 7.66. The van der Waals surface area contributed by atoms with E-state index in [1.165, 1.54) is 0 Å². The molecule has 2 amide bonds. The molecule has 1 unspecified atom stereocenters. The zero-order valence-corrected chi connectivity index (χ0v) is 18.8. The Kier molecular flexibility index (Phi) is 6.46. The van der Waals surface area contributed by atoms with Crippen molar-refractivity contribution in [2.75, 3.05) is 43.5 Å². The lowest BCUT2D eigenvalue weighted by Gasteiger charge is -2.36. The van der Waals surface area contributed by atoms with E-state index in [9.17, 15) is 9.59 Å². The van der Waals surface area contributed by atoms with E-state index in [1.54, 1.807) is 20.1 Å². The zero-order chi connectivity index (χ0) is 22.7. The molecular formula is C24H25ClN4O3. The number of amides is 2. The van der Waals surface area contributed by atoms with Crippen LogP contribution in [0.15, 0.2) is 54.6 Å². The number of para-hydroxylation sites is 1. The molecule has 4 rings (SSSR count). The Morgan fingerprint density at radius 1 is 1.06 bits per heavy atom. The highest BCUT2D eigenvalue weighted by Crippen LogP contribution is 2.26. The molecule has 3 aromatic rings. The van der Waals surface area contributed by atoms with Gasteiger partial charge in [0.05, 0.1) is 12.6 Å². The topological polar surface area (TPSA) is 74.8 Å². The van der Waals surface area contributed by atoms with Gasteiger partial charge in [-0.25, -0.2) is 4.98 Å². The number of benzene rings is 2. The van der Waals surface area contributed by atoms with Crippen LogP contribution in [-0.4, -0.2) is 60.4 Å². The van der Waals surface area contributed by atoms with Crippen LogP contribution in [0, 0.1) is 0 Å². The largest absolute Gasteiger partial charge is 0.496 e. The van der Waals surface area contributed by atoms with E-state index < -0.39 is 5.38 Å². The van der Waals surface area contributed by atoms with Crippen molar-refractivity contribution in [1.29, 1.82) is 0 Å². The number of pyridine rings is 1. The minimum Gasteiger partial charge on any atom is -0.496 e. The maximum atomic E-state index is 13.1.